The van der Waals surface area contributed by atoms with E-state index < -0.39 is 0 Å². The number of benzene rings is 2. The standard InChI is InChI=1S/C17H19Cl2N/c1-12-4-2-5-13(8-12)9-14(11-20)10-15-6-3-7-16(18)17(15)19/h2-8,14H,9-11,20H2,1H3. The van der Waals surface area contributed by atoms with E-state index in [9.17, 15) is 0 Å². The van der Waals surface area contributed by atoms with Gasteiger partial charge in [0.1, 0.15) is 0 Å². The highest BCUT2D eigenvalue weighted by atomic mass is 35.5. The minimum atomic E-state index is 0.368. The smallest absolute Gasteiger partial charge is 0.0624 e. The average Bonchev–Trinajstić information content (AvgIpc) is 2.43. The Labute approximate surface area is 130 Å². The molecule has 2 N–H and O–H groups in total. The molecule has 0 heterocycles. The fourth-order valence-electron chi connectivity index (χ4n) is 2.43. The van der Waals surface area contributed by atoms with Crippen molar-refractivity contribution in [2.45, 2.75) is 19.8 Å². The summed E-state index contributed by atoms with van der Waals surface area (Å²) in [5.41, 5.74) is 9.59. The Morgan fingerprint density at radius 2 is 1.80 bits per heavy atom. The van der Waals surface area contributed by atoms with Gasteiger partial charge in [-0.25, -0.2) is 0 Å². The lowest BCUT2D eigenvalue weighted by Crippen LogP contribution is -2.19. The van der Waals surface area contributed by atoms with Crippen LogP contribution in [0.3, 0.4) is 0 Å². The summed E-state index contributed by atoms with van der Waals surface area (Å²) < 4.78 is 0. The molecular weight excluding hydrogens is 289 g/mol. The van der Waals surface area contributed by atoms with Crippen LogP contribution in [0.4, 0.5) is 0 Å². The van der Waals surface area contributed by atoms with Crippen LogP contribution in [0.2, 0.25) is 10.0 Å². The topological polar surface area (TPSA) is 26.0 Å². The molecule has 3 heteroatoms. The van der Waals surface area contributed by atoms with E-state index in [-0.39, 0.29) is 0 Å². The van der Waals surface area contributed by atoms with E-state index in [2.05, 4.69) is 31.2 Å². The molecule has 0 saturated heterocycles. The maximum absolute atomic E-state index is 6.25. The van der Waals surface area contributed by atoms with Gasteiger partial charge in [0.25, 0.3) is 0 Å². The Bertz CT molecular complexity index is 581. The highest BCUT2D eigenvalue weighted by Gasteiger charge is 2.12. The molecule has 1 atom stereocenters. The number of hydrogen-bond donors (Lipinski definition) is 1. The van der Waals surface area contributed by atoms with Crippen LogP contribution in [0.15, 0.2) is 42.5 Å². The molecule has 0 aliphatic carbocycles. The summed E-state index contributed by atoms with van der Waals surface area (Å²) in [4.78, 5) is 0. The second-order valence-electron chi connectivity index (χ2n) is 5.21. The summed E-state index contributed by atoms with van der Waals surface area (Å²) >= 11 is 12.3. The third kappa shape index (κ3) is 3.99. The van der Waals surface area contributed by atoms with Crippen molar-refractivity contribution in [3.8, 4) is 0 Å². The Morgan fingerprint density at radius 3 is 2.50 bits per heavy atom. The summed E-state index contributed by atoms with van der Waals surface area (Å²) in [5, 5.41) is 1.26. The third-order valence-electron chi connectivity index (χ3n) is 3.48. The highest BCUT2D eigenvalue weighted by molar-refractivity contribution is 6.42. The Morgan fingerprint density at radius 1 is 1.05 bits per heavy atom. The van der Waals surface area contributed by atoms with Gasteiger partial charge in [0.05, 0.1) is 10.0 Å². The lowest BCUT2D eigenvalue weighted by molar-refractivity contribution is 0.533. The minimum Gasteiger partial charge on any atom is -0.330 e. The van der Waals surface area contributed by atoms with Crippen LogP contribution in [-0.4, -0.2) is 6.54 Å². The molecule has 0 aliphatic heterocycles. The quantitative estimate of drug-likeness (QED) is 0.854. The molecule has 0 spiro atoms. The summed E-state index contributed by atoms with van der Waals surface area (Å²) in [6.07, 6.45) is 1.81. The van der Waals surface area contributed by atoms with Crippen LogP contribution in [-0.2, 0) is 12.8 Å². The minimum absolute atomic E-state index is 0.368. The summed E-state index contributed by atoms with van der Waals surface area (Å²) in [7, 11) is 0. The molecule has 2 rings (SSSR count). The first-order valence-corrected chi connectivity index (χ1v) is 7.54. The van der Waals surface area contributed by atoms with Crippen molar-refractivity contribution in [2.24, 2.45) is 11.7 Å². The Kier molecular flexibility index (Phi) is 5.47. The zero-order chi connectivity index (χ0) is 14.5. The molecule has 2 aromatic carbocycles. The molecule has 0 saturated carbocycles. The molecule has 2 aromatic rings. The zero-order valence-corrected chi connectivity index (χ0v) is 13.1. The van der Waals surface area contributed by atoms with E-state index in [0.717, 1.165) is 18.4 Å². The Balaban J connectivity index is 2.11. The summed E-state index contributed by atoms with van der Waals surface area (Å²) in [6, 6.07) is 14.3. The van der Waals surface area contributed by atoms with Gasteiger partial charge in [0.2, 0.25) is 0 Å². The van der Waals surface area contributed by atoms with Crippen molar-refractivity contribution < 1.29 is 0 Å². The largest absolute Gasteiger partial charge is 0.330 e. The number of rotatable bonds is 5. The first kappa shape index (κ1) is 15.4. The van der Waals surface area contributed by atoms with Gasteiger partial charge in [-0.3, -0.25) is 0 Å². The monoisotopic (exact) mass is 307 g/mol. The van der Waals surface area contributed by atoms with Crippen molar-refractivity contribution in [1.29, 1.82) is 0 Å². The molecular formula is C17H19Cl2N. The maximum Gasteiger partial charge on any atom is 0.0624 e. The van der Waals surface area contributed by atoms with Crippen molar-refractivity contribution in [1.82, 2.24) is 0 Å². The van der Waals surface area contributed by atoms with E-state index in [1.165, 1.54) is 11.1 Å². The lowest BCUT2D eigenvalue weighted by Gasteiger charge is -2.16. The molecule has 0 fully saturated rings. The van der Waals surface area contributed by atoms with Crippen LogP contribution in [0.5, 0.6) is 0 Å². The van der Waals surface area contributed by atoms with Crippen molar-refractivity contribution >= 4 is 23.2 Å². The number of halogens is 2. The average molecular weight is 308 g/mol. The predicted molar refractivity (Wildman–Crippen MR) is 87.6 cm³/mol. The van der Waals surface area contributed by atoms with E-state index in [0.29, 0.717) is 22.5 Å². The molecule has 1 nitrogen and oxygen atoms in total. The van der Waals surface area contributed by atoms with Crippen LogP contribution in [0, 0.1) is 12.8 Å². The van der Waals surface area contributed by atoms with Gasteiger partial charge in [-0.05, 0) is 49.4 Å². The second kappa shape index (κ2) is 7.12. The fourth-order valence-corrected chi connectivity index (χ4v) is 2.83. The van der Waals surface area contributed by atoms with Crippen molar-refractivity contribution in [2.75, 3.05) is 6.54 Å². The van der Waals surface area contributed by atoms with Gasteiger partial charge in [-0.15, -0.1) is 0 Å². The molecule has 0 aliphatic rings. The van der Waals surface area contributed by atoms with E-state index in [1.807, 2.05) is 18.2 Å². The van der Waals surface area contributed by atoms with Gasteiger partial charge in [-0.2, -0.15) is 0 Å². The molecule has 0 bridgehead atoms. The van der Waals surface area contributed by atoms with Gasteiger partial charge in [-0.1, -0.05) is 65.2 Å². The first-order chi connectivity index (χ1) is 9.60. The summed E-state index contributed by atoms with van der Waals surface area (Å²) in [5.74, 6) is 0.368. The first-order valence-electron chi connectivity index (χ1n) is 6.78. The van der Waals surface area contributed by atoms with Crippen molar-refractivity contribution in [3.63, 3.8) is 0 Å². The fraction of sp³-hybridized carbons (Fsp3) is 0.294. The lowest BCUT2D eigenvalue weighted by atomic mass is 9.92. The number of nitrogens with two attached hydrogens (primary N) is 1. The number of aryl methyl sites for hydroxylation is 1. The van der Waals surface area contributed by atoms with Crippen LogP contribution >= 0.6 is 23.2 Å². The van der Waals surface area contributed by atoms with E-state index in [4.69, 9.17) is 28.9 Å². The van der Waals surface area contributed by atoms with Crippen molar-refractivity contribution in [3.05, 3.63) is 69.2 Å². The number of hydrogen-bond acceptors (Lipinski definition) is 1. The molecule has 0 aromatic heterocycles. The predicted octanol–water partition coefficient (Wildman–Crippen LogP) is 4.66. The Hall–Kier alpha value is -1.02. The summed E-state index contributed by atoms with van der Waals surface area (Å²) in [6.45, 7) is 2.74. The van der Waals surface area contributed by atoms with Gasteiger partial charge in [0, 0.05) is 0 Å². The van der Waals surface area contributed by atoms with Gasteiger partial charge < -0.3 is 5.73 Å². The molecule has 0 amide bonds. The highest BCUT2D eigenvalue weighted by Crippen LogP contribution is 2.28. The SMILES string of the molecule is Cc1cccc(CC(CN)Cc2cccc(Cl)c2Cl)c1. The van der Waals surface area contributed by atoms with Crippen LogP contribution in [0.1, 0.15) is 16.7 Å². The molecule has 0 radical (unpaired) electrons. The van der Waals surface area contributed by atoms with Gasteiger partial charge in [0.15, 0.2) is 0 Å². The molecule has 106 valence electrons. The molecule has 1 unspecified atom stereocenters. The van der Waals surface area contributed by atoms with E-state index >= 15 is 0 Å². The normalized spacial score (nSPS) is 12.4. The van der Waals surface area contributed by atoms with Crippen LogP contribution in [0.25, 0.3) is 0 Å². The maximum atomic E-state index is 6.25. The molecule has 20 heavy (non-hydrogen) atoms. The second-order valence-corrected chi connectivity index (χ2v) is 6.00. The van der Waals surface area contributed by atoms with E-state index in [1.54, 1.807) is 0 Å². The third-order valence-corrected chi connectivity index (χ3v) is 4.34. The van der Waals surface area contributed by atoms with Gasteiger partial charge >= 0.3 is 0 Å². The zero-order valence-electron chi connectivity index (χ0n) is 11.6. The van der Waals surface area contributed by atoms with Crippen LogP contribution < -0.4 is 5.73 Å².